The number of fused-ring (bicyclic) bond motifs is 1. The number of rotatable bonds is 4. The number of benzene rings is 2. The molecule has 1 aliphatic carbocycles. The van der Waals surface area contributed by atoms with E-state index in [1.165, 1.54) is 25.0 Å². The third kappa shape index (κ3) is 2.71. The SMILES string of the molecule is NC(=O)c1ccc2c(c1)nc(-c1ccc([N+](=O)[O-])cc1)n2C1CCCC1. The van der Waals surface area contributed by atoms with E-state index in [2.05, 4.69) is 4.57 Å². The zero-order valence-electron chi connectivity index (χ0n) is 14.1. The molecule has 3 aromatic rings. The van der Waals surface area contributed by atoms with Gasteiger partial charge in [-0.2, -0.15) is 0 Å². The number of primary amides is 1. The zero-order chi connectivity index (χ0) is 18.3. The Morgan fingerprint density at radius 3 is 2.46 bits per heavy atom. The minimum absolute atomic E-state index is 0.0493. The van der Waals surface area contributed by atoms with Crippen molar-refractivity contribution in [1.29, 1.82) is 0 Å². The number of amides is 1. The predicted octanol–water partition coefficient (Wildman–Crippen LogP) is 3.83. The number of nitrogens with zero attached hydrogens (tertiary/aromatic N) is 3. The first-order valence-electron chi connectivity index (χ1n) is 8.61. The summed E-state index contributed by atoms with van der Waals surface area (Å²) in [4.78, 5) is 26.7. The molecule has 1 aliphatic rings. The number of carbonyl (C=O) groups excluding carboxylic acids is 1. The van der Waals surface area contributed by atoms with E-state index in [0.717, 1.165) is 29.7 Å². The highest BCUT2D eigenvalue weighted by molar-refractivity contribution is 5.96. The predicted molar refractivity (Wildman–Crippen MR) is 97.8 cm³/mol. The number of nitro benzene ring substituents is 1. The molecular weight excluding hydrogens is 332 g/mol. The van der Waals surface area contributed by atoms with Crippen LogP contribution in [0.1, 0.15) is 42.1 Å². The molecule has 0 saturated heterocycles. The highest BCUT2D eigenvalue weighted by atomic mass is 16.6. The molecule has 0 atom stereocenters. The number of imidazole rings is 1. The van der Waals surface area contributed by atoms with E-state index in [1.807, 2.05) is 6.07 Å². The fraction of sp³-hybridized carbons (Fsp3) is 0.263. The normalized spacial score (nSPS) is 14.8. The van der Waals surface area contributed by atoms with Gasteiger partial charge in [-0.15, -0.1) is 0 Å². The van der Waals surface area contributed by atoms with Gasteiger partial charge in [-0.1, -0.05) is 12.8 Å². The highest BCUT2D eigenvalue weighted by Gasteiger charge is 2.24. The van der Waals surface area contributed by atoms with Crippen molar-refractivity contribution in [3.8, 4) is 11.4 Å². The molecule has 0 bridgehead atoms. The lowest BCUT2D eigenvalue weighted by Crippen LogP contribution is -2.10. The van der Waals surface area contributed by atoms with Crippen molar-refractivity contribution in [2.45, 2.75) is 31.7 Å². The molecule has 2 aromatic carbocycles. The van der Waals surface area contributed by atoms with Crippen molar-refractivity contribution in [2.24, 2.45) is 5.73 Å². The Balaban J connectivity index is 1.90. The van der Waals surface area contributed by atoms with E-state index in [1.54, 1.807) is 24.3 Å². The monoisotopic (exact) mass is 350 g/mol. The summed E-state index contributed by atoms with van der Waals surface area (Å²) in [5.74, 6) is 0.280. The quantitative estimate of drug-likeness (QED) is 0.570. The maximum Gasteiger partial charge on any atom is 0.269 e. The van der Waals surface area contributed by atoms with Gasteiger partial charge in [0, 0.05) is 29.3 Å². The maximum absolute atomic E-state index is 11.5. The van der Waals surface area contributed by atoms with Gasteiger partial charge in [0.1, 0.15) is 5.82 Å². The number of carbonyl (C=O) groups is 1. The van der Waals surface area contributed by atoms with Crippen LogP contribution in [0.5, 0.6) is 0 Å². The van der Waals surface area contributed by atoms with Crippen LogP contribution in [0.2, 0.25) is 0 Å². The number of non-ortho nitro benzene ring substituents is 1. The average Bonchev–Trinajstić information content (AvgIpc) is 3.28. The summed E-state index contributed by atoms with van der Waals surface area (Å²) >= 11 is 0. The van der Waals surface area contributed by atoms with Gasteiger partial charge in [-0.3, -0.25) is 14.9 Å². The second kappa shape index (κ2) is 6.25. The Bertz CT molecular complexity index is 1000. The molecule has 1 amide bonds. The molecule has 7 heteroatoms. The number of hydrogen-bond acceptors (Lipinski definition) is 4. The van der Waals surface area contributed by atoms with E-state index in [4.69, 9.17) is 10.7 Å². The first-order valence-corrected chi connectivity index (χ1v) is 8.61. The molecule has 4 rings (SSSR count). The Labute approximate surface area is 149 Å². The molecule has 0 unspecified atom stereocenters. The molecule has 2 N–H and O–H groups in total. The minimum Gasteiger partial charge on any atom is -0.366 e. The molecule has 1 saturated carbocycles. The summed E-state index contributed by atoms with van der Waals surface area (Å²) in [7, 11) is 0. The average molecular weight is 350 g/mol. The van der Waals surface area contributed by atoms with Gasteiger partial charge in [-0.05, 0) is 43.2 Å². The lowest BCUT2D eigenvalue weighted by molar-refractivity contribution is -0.384. The van der Waals surface area contributed by atoms with Crippen LogP contribution in [0.25, 0.3) is 22.4 Å². The molecule has 0 spiro atoms. The van der Waals surface area contributed by atoms with E-state index in [9.17, 15) is 14.9 Å². The zero-order valence-corrected chi connectivity index (χ0v) is 14.1. The topological polar surface area (TPSA) is 104 Å². The van der Waals surface area contributed by atoms with Crippen LogP contribution in [0.15, 0.2) is 42.5 Å². The fourth-order valence-corrected chi connectivity index (χ4v) is 3.72. The minimum atomic E-state index is -0.487. The molecule has 26 heavy (non-hydrogen) atoms. The summed E-state index contributed by atoms with van der Waals surface area (Å²) in [5, 5.41) is 10.9. The number of aromatic nitrogens is 2. The Morgan fingerprint density at radius 1 is 1.15 bits per heavy atom. The van der Waals surface area contributed by atoms with Crippen molar-refractivity contribution >= 4 is 22.6 Å². The molecule has 1 fully saturated rings. The second-order valence-corrected chi connectivity index (χ2v) is 6.62. The smallest absolute Gasteiger partial charge is 0.269 e. The summed E-state index contributed by atoms with van der Waals surface area (Å²) < 4.78 is 2.20. The van der Waals surface area contributed by atoms with Crippen LogP contribution in [-0.2, 0) is 0 Å². The lowest BCUT2D eigenvalue weighted by Gasteiger charge is -2.16. The number of nitro groups is 1. The third-order valence-corrected chi connectivity index (χ3v) is 5.00. The Morgan fingerprint density at radius 2 is 1.85 bits per heavy atom. The van der Waals surface area contributed by atoms with Crippen LogP contribution in [0, 0.1) is 10.1 Å². The molecule has 7 nitrogen and oxygen atoms in total. The largest absolute Gasteiger partial charge is 0.366 e. The maximum atomic E-state index is 11.5. The van der Waals surface area contributed by atoms with Gasteiger partial charge in [0.25, 0.3) is 5.69 Å². The van der Waals surface area contributed by atoms with Crippen LogP contribution in [-0.4, -0.2) is 20.4 Å². The van der Waals surface area contributed by atoms with Crippen molar-refractivity contribution < 1.29 is 9.72 Å². The van der Waals surface area contributed by atoms with Crippen molar-refractivity contribution in [2.75, 3.05) is 0 Å². The van der Waals surface area contributed by atoms with Gasteiger partial charge >= 0.3 is 0 Å². The van der Waals surface area contributed by atoms with Crippen LogP contribution in [0.3, 0.4) is 0 Å². The van der Waals surface area contributed by atoms with Crippen LogP contribution >= 0.6 is 0 Å². The van der Waals surface area contributed by atoms with Crippen LogP contribution in [0.4, 0.5) is 5.69 Å². The van der Waals surface area contributed by atoms with Crippen molar-refractivity contribution in [3.63, 3.8) is 0 Å². The molecule has 132 valence electrons. The fourth-order valence-electron chi connectivity index (χ4n) is 3.72. The Hall–Kier alpha value is -3.22. The second-order valence-electron chi connectivity index (χ2n) is 6.62. The highest BCUT2D eigenvalue weighted by Crippen LogP contribution is 2.37. The van der Waals surface area contributed by atoms with Crippen molar-refractivity contribution in [3.05, 3.63) is 58.1 Å². The molecule has 1 heterocycles. The van der Waals surface area contributed by atoms with E-state index in [0.29, 0.717) is 17.1 Å². The number of hydrogen-bond donors (Lipinski definition) is 1. The molecule has 0 radical (unpaired) electrons. The first kappa shape index (κ1) is 16.3. The molecule has 1 aromatic heterocycles. The third-order valence-electron chi connectivity index (χ3n) is 5.00. The molecule has 0 aliphatic heterocycles. The number of nitrogens with two attached hydrogens (primary N) is 1. The van der Waals surface area contributed by atoms with E-state index < -0.39 is 10.8 Å². The van der Waals surface area contributed by atoms with Gasteiger partial charge in [0.05, 0.1) is 16.0 Å². The van der Waals surface area contributed by atoms with Gasteiger partial charge in [-0.25, -0.2) is 4.98 Å². The van der Waals surface area contributed by atoms with Gasteiger partial charge in [0.2, 0.25) is 5.91 Å². The van der Waals surface area contributed by atoms with E-state index >= 15 is 0 Å². The lowest BCUT2D eigenvalue weighted by atomic mass is 10.1. The summed E-state index contributed by atoms with van der Waals surface area (Å²) in [6.07, 6.45) is 4.48. The standard InChI is InChI=1S/C19H18N4O3/c20-18(24)13-7-10-17-16(11-13)21-19(22(17)14-3-1-2-4-14)12-5-8-15(9-6-12)23(25)26/h5-11,14H,1-4H2,(H2,20,24). The van der Waals surface area contributed by atoms with Gasteiger partial charge < -0.3 is 10.3 Å². The molecular formula is C19H18N4O3. The summed E-state index contributed by atoms with van der Waals surface area (Å²) in [6.45, 7) is 0. The van der Waals surface area contributed by atoms with Crippen LogP contribution < -0.4 is 5.73 Å². The van der Waals surface area contributed by atoms with Crippen molar-refractivity contribution in [1.82, 2.24) is 9.55 Å². The Kier molecular flexibility index (Phi) is 3.91. The van der Waals surface area contributed by atoms with E-state index in [-0.39, 0.29) is 5.69 Å². The summed E-state index contributed by atoms with van der Waals surface area (Å²) in [6, 6.07) is 12.1. The van der Waals surface area contributed by atoms with Gasteiger partial charge in [0.15, 0.2) is 0 Å². The summed E-state index contributed by atoms with van der Waals surface area (Å²) in [5.41, 5.74) is 8.34. The first-order chi connectivity index (χ1) is 12.5.